The van der Waals surface area contributed by atoms with E-state index in [1.807, 2.05) is 0 Å². The van der Waals surface area contributed by atoms with Gasteiger partial charge >= 0.3 is 0 Å². The van der Waals surface area contributed by atoms with Crippen molar-refractivity contribution in [1.82, 2.24) is 0 Å². The Labute approximate surface area is 265 Å². The number of hydrogen-bond donors (Lipinski definition) is 0. The number of fused-ring (bicyclic) bond motifs is 9. The summed E-state index contributed by atoms with van der Waals surface area (Å²) in [6.45, 7) is 9.47. The Morgan fingerprint density at radius 1 is 0.378 bits per heavy atom. The minimum absolute atomic E-state index is 0.0586. The summed E-state index contributed by atoms with van der Waals surface area (Å²) >= 11 is 0. The van der Waals surface area contributed by atoms with Crippen molar-refractivity contribution >= 4 is 38.6 Å². The smallest absolute Gasteiger partial charge is 0.0546 e. The quantitative estimate of drug-likeness (QED) is 0.189. The molecular weight excluding hydrogens is 542 g/mol. The second-order valence-corrected chi connectivity index (χ2v) is 13.8. The first-order valence-electron chi connectivity index (χ1n) is 16.0. The molecule has 2 aliphatic carbocycles. The maximum Gasteiger partial charge on any atom is 0.0546 e. The third-order valence-corrected chi connectivity index (χ3v) is 10.6. The second kappa shape index (κ2) is 9.19. The van der Waals surface area contributed by atoms with E-state index < -0.39 is 0 Å². The fourth-order valence-electron chi connectivity index (χ4n) is 8.30. The van der Waals surface area contributed by atoms with Gasteiger partial charge in [0.2, 0.25) is 0 Å². The zero-order chi connectivity index (χ0) is 30.5. The average Bonchev–Trinajstić information content (AvgIpc) is 3.44. The van der Waals surface area contributed by atoms with Crippen LogP contribution in [0, 0.1) is 0 Å². The number of rotatable bonds is 3. The highest BCUT2D eigenvalue weighted by atomic mass is 15.1. The molecule has 0 atom stereocenters. The summed E-state index contributed by atoms with van der Waals surface area (Å²) in [6, 6.07) is 52.1. The molecule has 7 aromatic carbocycles. The number of hydrogen-bond acceptors (Lipinski definition) is 1. The van der Waals surface area contributed by atoms with Crippen molar-refractivity contribution in [2.24, 2.45) is 0 Å². The molecule has 45 heavy (non-hydrogen) atoms. The Morgan fingerprint density at radius 3 is 1.69 bits per heavy atom. The van der Waals surface area contributed by atoms with Gasteiger partial charge in [-0.1, -0.05) is 125 Å². The summed E-state index contributed by atoms with van der Waals surface area (Å²) < 4.78 is 0. The molecular formula is C44H35N. The highest BCUT2D eigenvalue weighted by molar-refractivity contribution is 6.16. The molecule has 1 nitrogen and oxygen atoms in total. The van der Waals surface area contributed by atoms with Crippen molar-refractivity contribution in [3.05, 3.63) is 162 Å². The molecule has 0 N–H and O–H groups in total. The van der Waals surface area contributed by atoms with Crippen LogP contribution < -0.4 is 4.90 Å². The van der Waals surface area contributed by atoms with E-state index in [4.69, 9.17) is 0 Å². The summed E-state index contributed by atoms with van der Waals surface area (Å²) in [5.74, 6) is 0. The normalized spacial score (nSPS) is 15.0. The lowest BCUT2D eigenvalue weighted by molar-refractivity contribution is 0.660. The lowest BCUT2D eigenvalue weighted by Crippen LogP contribution is -2.17. The molecule has 0 aromatic heterocycles. The number of nitrogens with zero attached hydrogens (tertiary/aromatic N) is 1. The SMILES string of the molecule is CC1(C)c2ccccc2-c2ccc(N(c3ccccc3)c3cc4ccccc4c4cc5c(cc34)-c3ccccc3C5(C)C)cc21. The van der Waals surface area contributed by atoms with E-state index in [2.05, 4.69) is 172 Å². The van der Waals surface area contributed by atoms with E-state index in [-0.39, 0.29) is 10.8 Å². The average molecular weight is 578 g/mol. The Balaban J connectivity index is 1.36. The minimum Gasteiger partial charge on any atom is -0.310 e. The summed E-state index contributed by atoms with van der Waals surface area (Å²) in [7, 11) is 0. The van der Waals surface area contributed by atoms with Gasteiger partial charge in [0.1, 0.15) is 0 Å². The van der Waals surface area contributed by atoms with E-state index in [0.717, 1.165) is 5.69 Å². The fraction of sp³-hybridized carbons (Fsp3) is 0.136. The molecule has 0 saturated heterocycles. The Kier molecular flexibility index (Phi) is 5.37. The third-order valence-electron chi connectivity index (χ3n) is 10.6. The van der Waals surface area contributed by atoms with Crippen LogP contribution in [0.4, 0.5) is 17.1 Å². The van der Waals surface area contributed by atoms with E-state index in [1.54, 1.807) is 0 Å². The van der Waals surface area contributed by atoms with Crippen molar-refractivity contribution in [1.29, 1.82) is 0 Å². The maximum absolute atomic E-state index is 2.49. The molecule has 0 heterocycles. The first kappa shape index (κ1) is 26.3. The number of benzene rings is 7. The molecule has 2 aliphatic rings. The van der Waals surface area contributed by atoms with Crippen LogP contribution in [0.5, 0.6) is 0 Å². The summed E-state index contributed by atoms with van der Waals surface area (Å²) in [6.07, 6.45) is 0. The molecule has 9 rings (SSSR count). The monoisotopic (exact) mass is 577 g/mol. The molecule has 0 bridgehead atoms. The van der Waals surface area contributed by atoms with Crippen molar-refractivity contribution in [2.45, 2.75) is 38.5 Å². The molecule has 0 saturated carbocycles. The van der Waals surface area contributed by atoms with E-state index in [9.17, 15) is 0 Å². The lowest BCUT2D eigenvalue weighted by atomic mass is 9.81. The highest BCUT2D eigenvalue weighted by Gasteiger charge is 2.37. The van der Waals surface area contributed by atoms with Crippen molar-refractivity contribution < 1.29 is 0 Å². The Hall–Kier alpha value is -5.14. The van der Waals surface area contributed by atoms with Gasteiger partial charge < -0.3 is 4.90 Å². The van der Waals surface area contributed by atoms with Crippen LogP contribution in [0.25, 0.3) is 43.8 Å². The Morgan fingerprint density at radius 2 is 0.956 bits per heavy atom. The highest BCUT2D eigenvalue weighted by Crippen LogP contribution is 2.54. The van der Waals surface area contributed by atoms with Gasteiger partial charge in [0.25, 0.3) is 0 Å². The number of anilines is 3. The van der Waals surface area contributed by atoms with Gasteiger partial charge in [-0.25, -0.2) is 0 Å². The lowest BCUT2D eigenvalue weighted by Gasteiger charge is -2.30. The molecule has 0 amide bonds. The topological polar surface area (TPSA) is 3.24 Å². The van der Waals surface area contributed by atoms with Crippen LogP contribution in [0.1, 0.15) is 49.9 Å². The number of para-hydroxylation sites is 1. The summed E-state index contributed by atoms with van der Waals surface area (Å²) in [5, 5.41) is 5.12. The van der Waals surface area contributed by atoms with Crippen LogP contribution in [-0.4, -0.2) is 0 Å². The maximum atomic E-state index is 2.49. The van der Waals surface area contributed by atoms with Crippen molar-refractivity contribution in [3.63, 3.8) is 0 Å². The van der Waals surface area contributed by atoms with E-state index >= 15 is 0 Å². The zero-order valence-electron chi connectivity index (χ0n) is 26.2. The standard InChI is InChI=1S/C44H35N/c1-43(2)38-20-12-10-18-32(38)34-23-22-30(25-40(34)43)45(29-15-6-5-7-16-29)42-24-28-14-8-9-17-31(28)35-27-41-36(26-37(35)42)33-19-11-13-21-39(33)44(41,3)4/h5-27H,1-4H3. The fourth-order valence-corrected chi connectivity index (χ4v) is 8.30. The van der Waals surface area contributed by atoms with Crippen LogP contribution in [0.3, 0.4) is 0 Å². The first-order valence-corrected chi connectivity index (χ1v) is 16.0. The summed E-state index contributed by atoms with van der Waals surface area (Å²) in [5.41, 5.74) is 14.4. The Bertz CT molecular complexity index is 2320. The molecule has 0 unspecified atom stereocenters. The molecule has 216 valence electrons. The molecule has 1 heteroatoms. The zero-order valence-corrected chi connectivity index (χ0v) is 26.2. The molecule has 0 fully saturated rings. The summed E-state index contributed by atoms with van der Waals surface area (Å²) in [4.78, 5) is 2.48. The molecule has 0 radical (unpaired) electrons. The van der Waals surface area contributed by atoms with Gasteiger partial charge in [0, 0.05) is 27.6 Å². The van der Waals surface area contributed by atoms with E-state index in [1.165, 1.54) is 77.4 Å². The predicted octanol–water partition coefficient (Wildman–Crippen LogP) is 12.1. The van der Waals surface area contributed by atoms with Gasteiger partial charge in [-0.15, -0.1) is 0 Å². The largest absolute Gasteiger partial charge is 0.310 e. The first-order chi connectivity index (χ1) is 21.8. The van der Waals surface area contributed by atoms with Gasteiger partial charge in [-0.3, -0.25) is 0 Å². The van der Waals surface area contributed by atoms with Crippen molar-refractivity contribution in [3.8, 4) is 22.3 Å². The third kappa shape index (κ3) is 3.61. The van der Waals surface area contributed by atoms with Crippen LogP contribution in [-0.2, 0) is 10.8 Å². The van der Waals surface area contributed by atoms with Gasteiger partial charge in [-0.2, -0.15) is 0 Å². The predicted molar refractivity (Wildman–Crippen MR) is 191 cm³/mol. The van der Waals surface area contributed by atoms with Gasteiger partial charge in [-0.05, 0) is 103 Å². The molecule has 0 spiro atoms. The van der Waals surface area contributed by atoms with Gasteiger partial charge in [0.05, 0.1) is 5.69 Å². The van der Waals surface area contributed by atoms with Crippen molar-refractivity contribution in [2.75, 3.05) is 4.90 Å². The van der Waals surface area contributed by atoms with Gasteiger partial charge in [0.15, 0.2) is 0 Å². The van der Waals surface area contributed by atoms with Crippen LogP contribution >= 0.6 is 0 Å². The van der Waals surface area contributed by atoms with Crippen LogP contribution in [0.2, 0.25) is 0 Å². The minimum atomic E-state index is -0.0775. The molecule has 0 aliphatic heterocycles. The van der Waals surface area contributed by atoms with Crippen LogP contribution in [0.15, 0.2) is 140 Å². The molecule has 7 aromatic rings. The second-order valence-electron chi connectivity index (χ2n) is 13.8. The van der Waals surface area contributed by atoms with E-state index in [0.29, 0.717) is 0 Å².